The van der Waals surface area contributed by atoms with E-state index >= 15 is 0 Å². The van der Waals surface area contributed by atoms with Gasteiger partial charge in [-0.25, -0.2) is 8.42 Å². The van der Waals surface area contributed by atoms with Crippen LogP contribution in [0.5, 0.6) is 0 Å². The van der Waals surface area contributed by atoms with Crippen LogP contribution in [0.4, 0.5) is 0 Å². The number of likely N-dealkylation sites (tertiary alicyclic amines) is 1. The SMILES string of the molecule is CNCc1cc(S(=O)(=O)N(C)CC2CCCN2C)c(C)o1. The molecule has 6 nitrogen and oxygen atoms in total. The minimum Gasteiger partial charge on any atom is -0.464 e. The van der Waals surface area contributed by atoms with Crippen molar-refractivity contribution in [1.82, 2.24) is 14.5 Å². The Bertz CT molecular complexity index is 582. The third-order valence-electron chi connectivity index (χ3n) is 4.10. The van der Waals surface area contributed by atoms with Crippen molar-refractivity contribution in [3.63, 3.8) is 0 Å². The van der Waals surface area contributed by atoms with E-state index in [-0.39, 0.29) is 4.90 Å². The van der Waals surface area contributed by atoms with E-state index in [1.807, 2.05) is 7.05 Å². The van der Waals surface area contributed by atoms with Crippen LogP contribution in [0.15, 0.2) is 15.4 Å². The van der Waals surface area contributed by atoms with Crippen molar-refractivity contribution in [2.45, 2.75) is 37.2 Å². The predicted octanol–water partition coefficient (Wildman–Crippen LogP) is 1.02. The summed E-state index contributed by atoms with van der Waals surface area (Å²) >= 11 is 0. The molecule has 1 aromatic rings. The summed E-state index contributed by atoms with van der Waals surface area (Å²) in [6.45, 7) is 3.77. The molecule has 1 saturated heterocycles. The van der Waals surface area contributed by atoms with Crippen molar-refractivity contribution >= 4 is 10.0 Å². The standard InChI is InChI=1S/C14H25N3O3S/c1-11-14(8-13(20-11)9-15-2)21(18,19)17(4)10-12-6-5-7-16(12)3/h8,12,15H,5-7,9-10H2,1-4H3. The van der Waals surface area contributed by atoms with Gasteiger partial charge >= 0.3 is 0 Å². The van der Waals surface area contributed by atoms with Crippen LogP contribution in [0, 0.1) is 6.92 Å². The molecule has 0 spiro atoms. The molecular weight excluding hydrogens is 290 g/mol. The fourth-order valence-corrected chi connectivity index (χ4v) is 4.20. The number of nitrogens with one attached hydrogen (secondary N) is 1. The number of likely N-dealkylation sites (N-methyl/N-ethyl adjacent to an activating group) is 2. The van der Waals surface area contributed by atoms with Crippen molar-refractivity contribution in [2.24, 2.45) is 0 Å². The highest BCUT2D eigenvalue weighted by molar-refractivity contribution is 7.89. The van der Waals surface area contributed by atoms with Crippen LogP contribution in [0.25, 0.3) is 0 Å². The highest BCUT2D eigenvalue weighted by atomic mass is 32.2. The average molecular weight is 315 g/mol. The summed E-state index contributed by atoms with van der Waals surface area (Å²) < 4.78 is 32.3. The molecule has 1 N–H and O–H groups in total. The summed E-state index contributed by atoms with van der Waals surface area (Å²) in [7, 11) is 2.00. The molecule has 0 radical (unpaired) electrons. The number of aryl methyl sites for hydroxylation is 1. The molecule has 1 aromatic heterocycles. The van der Waals surface area contributed by atoms with E-state index in [1.165, 1.54) is 4.31 Å². The third kappa shape index (κ3) is 3.48. The fraction of sp³-hybridized carbons (Fsp3) is 0.714. The number of hydrogen-bond donors (Lipinski definition) is 1. The lowest BCUT2D eigenvalue weighted by Crippen LogP contribution is -2.39. The monoisotopic (exact) mass is 315 g/mol. The van der Waals surface area contributed by atoms with Crippen LogP contribution < -0.4 is 5.32 Å². The molecule has 120 valence electrons. The summed E-state index contributed by atoms with van der Waals surface area (Å²) in [6, 6.07) is 1.92. The second-order valence-corrected chi connectivity index (χ2v) is 7.74. The Kier molecular flexibility index (Phi) is 5.08. The van der Waals surface area contributed by atoms with Crippen molar-refractivity contribution in [2.75, 3.05) is 34.2 Å². The Morgan fingerprint density at radius 1 is 1.52 bits per heavy atom. The first-order valence-electron chi connectivity index (χ1n) is 7.26. The first kappa shape index (κ1) is 16.5. The van der Waals surface area contributed by atoms with Gasteiger partial charge in [-0.15, -0.1) is 0 Å². The third-order valence-corrected chi connectivity index (χ3v) is 6.03. The van der Waals surface area contributed by atoms with Crippen LogP contribution in [0.1, 0.15) is 24.4 Å². The Morgan fingerprint density at radius 2 is 2.24 bits per heavy atom. The minimum absolute atomic E-state index is 0.274. The molecular formula is C14H25N3O3S. The maximum absolute atomic E-state index is 12.7. The normalized spacial score (nSPS) is 20.5. The average Bonchev–Trinajstić information content (AvgIpc) is 2.97. The van der Waals surface area contributed by atoms with E-state index < -0.39 is 10.0 Å². The fourth-order valence-electron chi connectivity index (χ4n) is 2.81. The molecule has 21 heavy (non-hydrogen) atoms. The molecule has 0 aromatic carbocycles. The Morgan fingerprint density at radius 3 is 2.81 bits per heavy atom. The molecule has 7 heteroatoms. The summed E-state index contributed by atoms with van der Waals surface area (Å²) in [5.41, 5.74) is 0. The number of furan rings is 1. The summed E-state index contributed by atoms with van der Waals surface area (Å²) in [4.78, 5) is 2.50. The summed E-state index contributed by atoms with van der Waals surface area (Å²) in [6.07, 6.45) is 2.18. The van der Waals surface area contributed by atoms with Crippen LogP contribution >= 0.6 is 0 Å². The van der Waals surface area contributed by atoms with Crippen LogP contribution in [-0.2, 0) is 16.6 Å². The zero-order valence-corrected chi connectivity index (χ0v) is 14.0. The smallest absolute Gasteiger partial charge is 0.246 e. The van der Waals surface area contributed by atoms with Gasteiger partial charge in [-0.2, -0.15) is 4.31 Å². The quantitative estimate of drug-likeness (QED) is 0.849. The maximum atomic E-state index is 12.7. The van der Waals surface area contributed by atoms with Gasteiger partial charge in [0.05, 0.1) is 6.54 Å². The Labute approximate surface area is 127 Å². The van der Waals surface area contributed by atoms with Crippen molar-refractivity contribution in [3.8, 4) is 0 Å². The number of nitrogens with zero attached hydrogens (tertiary/aromatic N) is 2. The molecule has 1 fully saturated rings. The van der Waals surface area contributed by atoms with E-state index in [0.717, 1.165) is 19.4 Å². The van der Waals surface area contributed by atoms with E-state index in [2.05, 4.69) is 10.2 Å². The summed E-state index contributed by atoms with van der Waals surface area (Å²) in [5.74, 6) is 1.09. The lowest BCUT2D eigenvalue weighted by Gasteiger charge is -2.25. The predicted molar refractivity (Wildman–Crippen MR) is 81.7 cm³/mol. The minimum atomic E-state index is -3.49. The molecule has 0 aliphatic carbocycles. The molecule has 1 unspecified atom stereocenters. The molecule has 0 bridgehead atoms. The topological polar surface area (TPSA) is 65.8 Å². The molecule has 2 rings (SSSR count). The van der Waals surface area contributed by atoms with Gasteiger partial charge < -0.3 is 14.6 Å². The molecule has 1 aliphatic rings. The Balaban J connectivity index is 2.16. The van der Waals surface area contributed by atoms with Crippen LogP contribution in [0.2, 0.25) is 0 Å². The van der Waals surface area contributed by atoms with Gasteiger partial charge in [0.15, 0.2) is 0 Å². The lowest BCUT2D eigenvalue weighted by molar-refractivity contribution is 0.271. The number of sulfonamides is 1. The first-order valence-corrected chi connectivity index (χ1v) is 8.70. The van der Waals surface area contributed by atoms with Crippen LogP contribution in [-0.4, -0.2) is 57.9 Å². The zero-order valence-electron chi connectivity index (χ0n) is 13.2. The number of hydrogen-bond acceptors (Lipinski definition) is 5. The van der Waals surface area contributed by atoms with E-state index in [9.17, 15) is 8.42 Å². The van der Waals surface area contributed by atoms with Gasteiger partial charge in [0.1, 0.15) is 16.4 Å². The zero-order chi connectivity index (χ0) is 15.6. The van der Waals surface area contributed by atoms with Gasteiger partial charge in [-0.05, 0) is 40.4 Å². The van der Waals surface area contributed by atoms with E-state index in [4.69, 9.17) is 4.42 Å². The largest absolute Gasteiger partial charge is 0.464 e. The lowest BCUT2D eigenvalue weighted by atomic mass is 10.2. The maximum Gasteiger partial charge on any atom is 0.246 e. The summed E-state index contributed by atoms with van der Waals surface area (Å²) in [5, 5.41) is 2.96. The highest BCUT2D eigenvalue weighted by Crippen LogP contribution is 2.24. The van der Waals surface area contributed by atoms with Crippen molar-refractivity contribution in [1.29, 1.82) is 0 Å². The first-order chi connectivity index (χ1) is 9.86. The molecule has 2 heterocycles. The number of rotatable bonds is 6. The van der Waals surface area contributed by atoms with Gasteiger partial charge in [0.25, 0.3) is 0 Å². The van der Waals surface area contributed by atoms with Crippen molar-refractivity contribution < 1.29 is 12.8 Å². The molecule has 0 amide bonds. The molecule has 1 atom stereocenters. The molecule has 0 saturated carbocycles. The van der Waals surface area contributed by atoms with Gasteiger partial charge in [-0.1, -0.05) is 0 Å². The van der Waals surface area contributed by atoms with Gasteiger partial charge in [0.2, 0.25) is 10.0 Å². The molecule has 1 aliphatic heterocycles. The second kappa shape index (κ2) is 6.48. The van der Waals surface area contributed by atoms with Gasteiger partial charge in [-0.3, -0.25) is 0 Å². The van der Waals surface area contributed by atoms with E-state index in [1.54, 1.807) is 27.1 Å². The van der Waals surface area contributed by atoms with E-state index in [0.29, 0.717) is 30.7 Å². The Hall–Kier alpha value is -0.890. The second-order valence-electron chi connectivity index (χ2n) is 5.73. The van der Waals surface area contributed by atoms with Gasteiger partial charge in [0, 0.05) is 25.7 Å². The van der Waals surface area contributed by atoms with Crippen LogP contribution in [0.3, 0.4) is 0 Å². The highest BCUT2D eigenvalue weighted by Gasteiger charge is 2.30. The van der Waals surface area contributed by atoms with Crippen molar-refractivity contribution in [3.05, 3.63) is 17.6 Å².